The zero-order valence-corrected chi connectivity index (χ0v) is 12.6. The lowest BCUT2D eigenvalue weighted by molar-refractivity contribution is -0.119. The molecule has 0 saturated carbocycles. The Labute approximate surface area is 122 Å². The maximum absolute atomic E-state index is 11.7. The van der Waals surface area contributed by atoms with Gasteiger partial charge in [-0.25, -0.2) is 4.98 Å². The third-order valence-electron chi connectivity index (χ3n) is 2.78. The second-order valence-corrected chi connectivity index (χ2v) is 5.29. The van der Waals surface area contributed by atoms with Gasteiger partial charge in [-0.1, -0.05) is 25.6 Å². The Hall–Kier alpha value is -1.81. The molecule has 0 unspecified atom stereocenters. The molecule has 20 heavy (non-hydrogen) atoms. The van der Waals surface area contributed by atoms with Gasteiger partial charge in [-0.2, -0.15) is 5.26 Å². The van der Waals surface area contributed by atoms with Crippen molar-refractivity contribution in [1.82, 2.24) is 15.3 Å². The summed E-state index contributed by atoms with van der Waals surface area (Å²) in [7, 11) is 0. The van der Waals surface area contributed by atoms with Crippen LogP contribution in [0.15, 0.2) is 9.95 Å². The summed E-state index contributed by atoms with van der Waals surface area (Å²) in [5, 5.41) is 12.1. The van der Waals surface area contributed by atoms with E-state index in [0.717, 1.165) is 18.2 Å². The van der Waals surface area contributed by atoms with Crippen molar-refractivity contribution in [2.45, 2.75) is 44.8 Å². The number of hydrogen-bond acceptors (Lipinski definition) is 5. The monoisotopic (exact) mass is 294 g/mol. The molecule has 0 bridgehead atoms. The molecule has 108 valence electrons. The predicted molar refractivity (Wildman–Crippen MR) is 77.6 cm³/mol. The number of H-pyrrole nitrogens is 1. The van der Waals surface area contributed by atoms with Gasteiger partial charge in [0.15, 0.2) is 5.16 Å². The molecule has 0 aliphatic carbocycles. The van der Waals surface area contributed by atoms with Crippen molar-refractivity contribution in [2.75, 3.05) is 5.75 Å². The van der Waals surface area contributed by atoms with Crippen LogP contribution in [0.2, 0.25) is 0 Å². The Morgan fingerprint density at radius 1 is 1.55 bits per heavy atom. The third-order valence-corrected chi connectivity index (χ3v) is 3.65. The molecule has 2 N–H and O–H groups in total. The molecule has 1 aromatic heterocycles. The maximum atomic E-state index is 11.7. The minimum atomic E-state index is -0.454. The fraction of sp³-hybridized carbons (Fsp3) is 0.538. The number of hydrogen-bond donors (Lipinski definition) is 2. The van der Waals surface area contributed by atoms with Crippen LogP contribution in [0.3, 0.4) is 0 Å². The van der Waals surface area contributed by atoms with Crippen LogP contribution < -0.4 is 10.9 Å². The highest BCUT2D eigenvalue weighted by atomic mass is 32.2. The van der Waals surface area contributed by atoms with Crippen LogP contribution in [0.25, 0.3) is 0 Å². The fourth-order valence-electron chi connectivity index (χ4n) is 1.49. The van der Waals surface area contributed by atoms with Crippen molar-refractivity contribution < 1.29 is 4.79 Å². The van der Waals surface area contributed by atoms with Gasteiger partial charge in [-0.3, -0.25) is 9.59 Å². The van der Waals surface area contributed by atoms with Crippen molar-refractivity contribution >= 4 is 17.7 Å². The summed E-state index contributed by atoms with van der Waals surface area (Å²) < 4.78 is 0. The van der Waals surface area contributed by atoms with Crippen molar-refractivity contribution in [1.29, 1.82) is 5.26 Å². The lowest BCUT2D eigenvalue weighted by Gasteiger charge is -2.10. The zero-order chi connectivity index (χ0) is 15.1. The lowest BCUT2D eigenvalue weighted by atomic mass is 10.2. The molecule has 6 nitrogen and oxygen atoms in total. The van der Waals surface area contributed by atoms with Crippen LogP contribution in [0.5, 0.6) is 0 Å². The van der Waals surface area contributed by atoms with E-state index in [2.05, 4.69) is 15.3 Å². The Kier molecular flexibility index (Phi) is 6.25. The van der Waals surface area contributed by atoms with Gasteiger partial charge in [0.05, 0.1) is 11.4 Å². The minimum Gasteiger partial charge on any atom is -0.353 e. The van der Waals surface area contributed by atoms with E-state index in [1.165, 1.54) is 0 Å². The van der Waals surface area contributed by atoms with Crippen molar-refractivity contribution in [3.63, 3.8) is 0 Å². The first-order valence-electron chi connectivity index (χ1n) is 6.47. The summed E-state index contributed by atoms with van der Waals surface area (Å²) in [5.74, 6) is 0.0805. The number of aromatic nitrogens is 2. The molecule has 1 amide bonds. The first-order valence-corrected chi connectivity index (χ1v) is 7.45. The Morgan fingerprint density at radius 2 is 2.25 bits per heavy atom. The summed E-state index contributed by atoms with van der Waals surface area (Å²) in [6.07, 6.45) is 1.36. The zero-order valence-electron chi connectivity index (χ0n) is 11.8. The number of nitriles is 1. The number of aromatic amines is 1. The molecule has 0 saturated heterocycles. The molecule has 7 heteroatoms. The smallest absolute Gasteiger partial charge is 0.269 e. The molecule has 1 atom stereocenters. The number of nitrogens with zero attached hydrogens (tertiary/aromatic N) is 2. The number of thioether (sulfide) groups is 1. The molecular weight excluding hydrogens is 276 g/mol. The van der Waals surface area contributed by atoms with Gasteiger partial charge in [0.25, 0.3) is 5.56 Å². The topological polar surface area (TPSA) is 98.6 Å². The fourth-order valence-corrected chi connectivity index (χ4v) is 2.18. The molecule has 0 aliphatic rings. The summed E-state index contributed by atoms with van der Waals surface area (Å²) >= 11 is 1.16. The van der Waals surface area contributed by atoms with Crippen LogP contribution in [0.4, 0.5) is 0 Å². The molecule has 0 fully saturated rings. The summed E-state index contributed by atoms with van der Waals surface area (Å²) in [4.78, 5) is 30.0. The van der Waals surface area contributed by atoms with Gasteiger partial charge < -0.3 is 10.3 Å². The van der Waals surface area contributed by atoms with Gasteiger partial charge in [-0.05, 0) is 19.8 Å². The van der Waals surface area contributed by atoms with E-state index in [1.807, 2.05) is 26.8 Å². The van der Waals surface area contributed by atoms with Gasteiger partial charge in [0.1, 0.15) is 11.6 Å². The SMILES string of the molecule is CCc1nc(SCC(=O)N[C@H](C)CC)[nH]c(=O)c1C#N. The Balaban J connectivity index is 2.75. The van der Waals surface area contributed by atoms with Gasteiger partial charge in [0.2, 0.25) is 5.91 Å². The molecule has 0 aliphatic heterocycles. The molecule has 0 radical (unpaired) electrons. The quantitative estimate of drug-likeness (QED) is 0.607. The van der Waals surface area contributed by atoms with E-state index >= 15 is 0 Å². The van der Waals surface area contributed by atoms with Crippen LogP contribution >= 0.6 is 11.8 Å². The van der Waals surface area contributed by atoms with Crippen molar-refractivity contribution in [3.05, 3.63) is 21.6 Å². The molecule has 0 spiro atoms. The largest absolute Gasteiger partial charge is 0.353 e. The van der Waals surface area contributed by atoms with Crippen LogP contribution in [0.1, 0.15) is 38.4 Å². The summed E-state index contributed by atoms with van der Waals surface area (Å²) in [6.45, 7) is 5.75. The summed E-state index contributed by atoms with van der Waals surface area (Å²) in [6, 6.07) is 1.97. The number of carbonyl (C=O) groups is 1. The molecule has 1 rings (SSSR count). The number of amides is 1. The number of carbonyl (C=O) groups excluding carboxylic acids is 1. The highest BCUT2D eigenvalue weighted by Gasteiger charge is 2.12. The highest BCUT2D eigenvalue weighted by molar-refractivity contribution is 7.99. The lowest BCUT2D eigenvalue weighted by Crippen LogP contribution is -2.33. The Bertz CT molecular complexity index is 577. The van der Waals surface area contributed by atoms with E-state index in [-0.39, 0.29) is 23.3 Å². The highest BCUT2D eigenvalue weighted by Crippen LogP contribution is 2.12. The third kappa shape index (κ3) is 4.38. The second kappa shape index (κ2) is 7.70. The molecular formula is C13H18N4O2S. The molecule has 1 aromatic rings. The van der Waals surface area contributed by atoms with Gasteiger partial charge in [-0.15, -0.1) is 0 Å². The Morgan fingerprint density at radius 3 is 2.80 bits per heavy atom. The summed E-state index contributed by atoms with van der Waals surface area (Å²) in [5.41, 5.74) is 0.0474. The second-order valence-electron chi connectivity index (χ2n) is 4.32. The van der Waals surface area contributed by atoms with Gasteiger partial charge in [0, 0.05) is 6.04 Å². The normalized spacial score (nSPS) is 11.7. The van der Waals surface area contributed by atoms with Crippen molar-refractivity contribution in [2.24, 2.45) is 0 Å². The maximum Gasteiger partial charge on any atom is 0.269 e. The average molecular weight is 294 g/mol. The predicted octanol–water partition coefficient (Wildman–Crippen LogP) is 1.21. The number of aryl methyl sites for hydroxylation is 1. The van der Waals surface area contributed by atoms with Gasteiger partial charge >= 0.3 is 0 Å². The first-order chi connectivity index (χ1) is 9.51. The minimum absolute atomic E-state index is 0.0425. The van der Waals surface area contributed by atoms with E-state index in [9.17, 15) is 9.59 Å². The molecule has 0 aromatic carbocycles. The van der Waals surface area contributed by atoms with E-state index in [4.69, 9.17) is 5.26 Å². The van der Waals surface area contributed by atoms with E-state index in [1.54, 1.807) is 0 Å². The van der Waals surface area contributed by atoms with Crippen molar-refractivity contribution in [3.8, 4) is 6.07 Å². The van der Waals surface area contributed by atoms with Crippen LogP contribution in [0, 0.1) is 11.3 Å². The standard InChI is InChI=1S/C13H18N4O2S/c1-4-8(3)15-11(18)7-20-13-16-10(5-2)9(6-14)12(19)17-13/h8H,4-5,7H2,1-3H3,(H,15,18)(H,16,17,19)/t8-/m1/s1. The van der Waals surface area contributed by atoms with Crippen LogP contribution in [-0.2, 0) is 11.2 Å². The number of nitrogens with one attached hydrogen (secondary N) is 2. The molecule has 1 heterocycles. The van der Waals surface area contributed by atoms with E-state index in [0.29, 0.717) is 17.3 Å². The van der Waals surface area contributed by atoms with E-state index < -0.39 is 5.56 Å². The number of rotatable bonds is 6. The first kappa shape index (κ1) is 16.2. The average Bonchev–Trinajstić information content (AvgIpc) is 2.44. The van der Waals surface area contributed by atoms with Crippen LogP contribution in [-0.4, -0.2) is 27.7 Å².